The molecule has 0 unspecified atom stereocenters. The van der Waals surface area contributed by atoms with E-state index in [-0.39, 0.29) is 29.2 Å². The molecule has 9 nitrogen and oxygen atoms in total. The highest BCUT2D eigenvalue weighted by Crippen LogP contribution is 2.24. The summed E-state index contributed by atoms with van der Waals surface area (Å²) in [6, 6.07) is 14.0. The van der Waals surface area contributed by atoms with E-state index in [1.54, 1.807) is 59.6 Å². The molecule has 5 rings (SSSR count). The fraction of sp³-hybridized carbons (Fsp3) is 0.357. The first-order valence-corrected chi connectivity index (χ1v) is 14.1. The molecule has 4 heterocycles. The van der Waals surface area contributed by atoms with Crippen LogP contribution in [0, 0.1) is 5.92 Å². The number of rotatable bonds is 7. The summed E-state index contributed by atoms with van der Waals surface area (Å²) in [5, 5.41) is 5.99. The van der Waals surface area contributed by atoms with Crippen molar-refractivity contribution in [3.05, 3.63) is 85.9 Å². The molecule has 2 atom stereocenters. The summed E-state index contributed by atoms with van der Waals surface area (Å²) < 4.78 is 7.40. The van der Waals surface area contributed by atoms with Gasteiger partial charge in [0, 0.05) is 56.2 Å². The van der Waals surface area contributed by atoms with E-state index in [1.165, 1.54) is 22.0 Å². The number of nitrogens with zero attached hydrogens (tertiary/aromatic N) is 2. The Kier molecular flexibility index (Phi) is 8.44. The van der Waals surface area contributed by atoms with Crippen LogP contribution in [0.1, 0.15) is 39.3 Å². The van der Waals surface area contributed by atoms with Crippen LogP contribution < -0.4 is 16.2 Å². The van der Waals surface area contributed by atoms with E-state index >= 15 is 0 Å². The van der Waals surface area contributed by atoms with Crippen molar-refractivity contribution in [3.8, 4) is 5.69 Å². The van der Waals surface area contributed by atoms with E-state index < -0.39 is 12.1 Å². The first-order valence-electron chi connectivity index (χ1n) is 12.9. The monoisotopic (exact) mass is 568 g/mol. The van der Waals surface area contributed by atoms with Crippen LogP contribution in [0.4, 0.5) is 0 Å². The fourth-order valence-electron chi connectivity index (χ4n) is 4.97. The molecule has 2 aliphatic rings. The molecule has 3 amide bonds. The molecule has 2 N–H and O–H groups in total. The van der Waals surface area contributed by atoms with Crippen molar-refractivity contribution in [3.63, 3.8) is 0 Å². The first-order chi connectivity index (χ1) is 18.9. The summed E-state index contributed by atoms with van der Waals surface area (Å²) in [5.41, 5.74) is 0.879. The Bertz CT molecular complexity index is 1400. The molecule has 11 heteroatoms. The van der Waals surface area contributed by atoms with Gasteiger partial charge in [-0.3, -0.25) is 23.7 Å². The van der Waals surface area contributed by atoms with Crippen molar-refractivity contribution >= 4 is 40.7 Å². The Morgan fingerprint density at radius 1 is 0.923 bits per heavy atom. The van der Waals surface area contributed by atoms with Gasteiger partial charge in [0.1, 0.15) is 0 Å². The minimum absolute atomic E-state index is 0.00900. The van der Waals surface area contributed by atoms with E-state index in [0.717, 1.165) is 12.8 Å². The largest absolute Gasteiger partial charge is 0.381 e. The van der Waals surface area contributed by atoms with Crippen LogP contribution in [-0.4, -0.2) is 65.6 Å². The van der Waals surface area contributed by atoms with Gasteiger partial charge in [-0.05, 0) is 61.2 Å². The molecule has 2 saturated heterocycles. The number of pyridine rings is 1. The predicted octanol–water partition coefficient (Wildman–Crippen LogP) is 3.11. The van der Waals surface area contributed by atoms with Gasteiger partial charge in [0.25, 0.3) is 17.4 Å². The summed E-state index contributed by atoms with van der Waals surface area (Å²) in [6.45, 7) is 1.92. The second-order valence-electron chi connectivity index (χ2n) is 9.78. The molecule has 2 fully saturated rings. The first kappa shape index (κ1) is 27.1. The van der Waals surface area contributed by atoms with Crippen LogP contribution >= 0.6 is 22.9 Å². The standard InChI is InChI=1S/C28H29ClN4O5S/c29-24-9-8-23(39-24)28(37)31-22-17-32(26(35)15-18-10-13-38-14-11-18)16-21(22)30-27(36)19-4-6-20(7-5-19)33-12-2-1-3-25(33)34/h1-9,12,18,21-22H,10-11,13-17H2,(H,30,36)(H,31,37)/t21-,22+/m0/s1. The van der Waals surface area contributed by atoms with Crippen LogP contribution in [0.15, 0.2) is 65.6 Å². The maximum Gasteiger partial charge on any atom is 0.261 e. The van der Waals surface area contributed by atoms with Gasteiger partial charge in [-0.25, -0.2) is 0 Å². The highest BCUT2D eigenvalue weighted by molar-refractivity contribution is 7.18. The minimum atomic E-state index is -0.480. The summed E-state index contributed by atoms with van der Waals surface area (Å²) >= 11 is 7.18. The van der Waals surface area contributed by atoms with Crippen molar-refractivity contribution in [1.82, 2.24) is 20.1 Å². The SMILES string of the molecule is O=C(N[C@H]1CN(C(=O)CC2CCOCC2)C[C@H]1NC(=O)c1ccc(Cl)s1)c1ccc(-n2ccccc2=O)cc1. The summed E-state index contributed by atoms with van der Waals surface area (Å²) in [6.07, 6.45) is 3.79. The smallest absolute Gasteiger partial charge is 0.261 e. The summed E-state index contributed by atoms with van der Waals surface area (Å²) in [5.74, 6) is -0.344. The molecule has 0 bridgehead atoms. The average Bonchev–Trinajstić information content (AvgIpc) is 3.56. The second-order valence-corrected chi connectivity index (χ2v) is 11.5. The molecule has 0 saturated carbocycles. The van der Waals surface area contributed by atoms with Gasteiger partial charge in [0.05, 0.1) is 21.3 Å². The number of halogens is 1. The number of amides is 3. The van der Waals surface area contributed by atoms with Gasteiger partial charge in [0.15, 0.2) is 0 Å². The molecule has 0 radical (unpaired) electrons. The van der Waals surface area contributed by atoms with Crippen molar-refractivity contribution < 1.29 is 19.1 Å². The van der Waals surface area contributed by atoms with Crippen LogP contribution in [0.3, 0.4) is 0 Å². The molecular weight excluding hydrogens is 540 g/mol. The third kappa shape index (κ3) is 6.58. The normalized spacial score (nSPS) is 19.6. The number of ether oxygens (including phenoxy) is 1. The Morgan fingerprint density at radius 3 is 2.26 bits per heavy atom. The topological polar surface area (TPSA) is 110 Å². The molecule has 0 aliphatic carbocycles. The number of likely N-dealkylation sites (tertiary alicyclic amines) is 1. The third-order valence-electron chi connectivity index (χ3n) is 7.14. The lowest BCUT2D eigenvalue weighted by molar-refractivity contribution is -0.132. The highest BCUT2D eigenvalue weighted by atomic mass is 35.5. The Balaban J connectivity index is 1.28. The van der Waals surface area contributed by atoms with Gasteiger partial charge >= 0.3 is 0 Å². The van der Waals surface area contributed by atoms with Gasteiger partial charge in [-0.2, -0.15) is 0 Å². The number of hydrogen-bond donors (Lipinski definition) is 2. The Hall–Kier alpha value is -3.47. The maximum atomic E-state index is 13.2. The average molecular weight is 569 g/mol. The predicted molar refractivity (Wildman–Crippen MR) is 149 cm³/mol. The minimum Gasteiger partial charge on any atom is -0.381 e. The van der Waals surface area contributed by atoms with E-state index in [2.05, 4.69) is 10.6 Å². The third-order valence-corrected chi connectivity index (χ3v) is 8.37. The van der Waals surface area contributed by atoms with Crippen LogP contribution in [-0.2, 0) is 9.53 Å². The van der Waals surface area contributed by atoms with Gasteiger partial charge < -0.3 is 20.3 Å². The molecule has 204 valence electrons. The molecule has 0 spiro atoms. The number of nitrogens with one attached hydrogen (secondary N) is 2. The number of carbonyl (C=O) groups excluding carboxylic acids is 3. The number of benzene rings is 1. The van der Waals surface area contributed by atoms with Crippen molar-refractivity contribution in [2.45, 2.75) is 31.3 Å². The zero-order valence-corrected chi connectivity index (χ0v) is 22.7. The fourth-order valence-corrected chi connectivity index (χ4v) is 5.91. The van der Waals surface area contributed by atoms with Crippen molar-refractivity contribution in [2.24, 2.45) is 5.92 Å². The number of hydrogen-bond acceptors (Lipinski definition) is 6. The number of carbonyl (C=O) groups is 3. The van der Waals surface area contributed by atoms with Gasteiger partial charge in [0.2, 0.25) is 5.91 Å². The molecule has 2 aliphatic heterocycles. The highest BCUT2D eigenvalue weighted by Gasteiger charge is 2.38. The molecule has 1 aromatic carbocycles. The Morgan fingerprint density at radius 2 is 1.62 bits per heavy atom. The maximum absolute atomic E-state index is 13.2. The Labute approximate surface area is 234 Å². The second kappa shape index (κ2) is 12.1. The zero-order valence-electron chi connectivity index (χ0n) is 21.2. The number of aromatic nitrogens is 1. The van der Waals surface area contributed by atoms with Crippen LogP contribution in [0.25, 0.3) is 5.69 Å². The summed E-state index contributed by atoms with van der Waals surface area (Å²) in [7, 11) is 0. The van der Waals surface area contributed by atoms with Crippen LogP contribution in [0.2, 0.25) is 4.34 Å². The summed E-state index contributed by atoms with van der Waals surface area (Å²) in [4.78, 5) is 53.5. The molecule has 2 aromatic heterocycles. The lowest BCUT2D eigenvalue weighted by Gasteiger charge is -2.24. The van der Waals surface area contributed by atoms with Gasteiger partial charge in [-0.15, -0.1) is 11.3 Å². The van der Waals surface area contributed by atoms with Crippen molar-refractivity contribution in [2.75, 3.05) is 26.3 Å². The lowest BCUT2D eigenvalue weighted by Crippen LogP contribution is -2.50. The van der Waals surface area contributed by atoms with E-state index in [0.29, 0.717) is 53.2 Å². The van der Waals surface area contributed by atoms with E-state index in [4.69, 9.17) is 16.3 Å². The van der Waals surface area contributed by atoms with Gasteiger partial charge in [-0.1, -0.05) is 17.7 Å². The lowest BCUT2D eigenvalue weighted by atomic mass is 9.96. The van der Waals surface area contributed by atoms with Crippen molar-refractivity contribution in [1.29, 1.82) is 0 Å². The molecular formula is C28H29ClN4O5S. The quantitative estimate of drug-likeness (QED) is 0.455. The molecule has 3 aromatic rings. The van der Waals surface area contributed by atoms with E-state index in [1.807, 2.05) is 0 Å². The van der Waals surface area contributed by atoms with Crippen LogP contribution in [0.5, 0.6) is 0 Å². The zero-order chi connectivity index (χ0) is 27.4. The number of thiophene rings is 1. The van der Waals surface area contributed by atoms with E-state index in [9.17, 15) is 19.2 Å². The molecule has 39 heavy (non-hydrogen) atoms.